The van der Waals surface area contributed by atoms with E-state index >= 15 is 0 Å². The fourth-order valence-corrected chi connectivity index (χ4v) is 5.00. The zero-order valence-corrected chi connectivity index (χ0v) is 22.4. The third-order valence-electron chi connectivity index (χ3n) is 7.06. The molecule has 1 heterocycles. The van der Waals surface area contributed by atoms with Crippen molar-refractivity contribution in [3.63, 3.8) is 0 Å². The fourth-order valence-electron chi connectivity index (χ4n) is 5.00. The maximum absolute atomic E-state index is 12.4. The van der Waals surface area contributed by atoms with Gasteiger partial charge in [0.2, 0.25) is 0 Å². The number of para-hydroxylation sites is 1. The van der Waals surface area contributed by atoms with E-state index in [1.807, 2.05) is 6.07 Å². The maximum atomic E-state index is 12.4. The highest BCUT2D eigenvalue weighted by molar-refractivity contribution is 5.92. The van der Waals surface area contributed by atoms with Crippen LogP contribution >= 0.6 is 12.4 Å². The number of methoxy groups -OCH3 is 1. The standard InChI is InChI=1S/C32H33NO4.ClH/c1-35-30-9-5-4-8-29(30)32(34)36-19-17-23-10-14-26(15-11-23)28-16-18-33-21-31(28)37-22-24-12-13-25-6-2-3-7-27(25)20-24;/h2-15,20,28,31,33H,16-19,21-22H2,1H3;1H. The van der Waals surface area contributed by atoms with Crippen molar-refractivity contribution < 1.29 is 19.0 Å². The van der Waals surface area contributed by atoms with Crippen LogP contribution in [0.2, 0.25) is 0 Å². The van der Waals surface area contributed by atoms with Gasteiger partial charge in [0.1, 0.15) is 11.3 Å². The fraction of sp³-hybridized carbons (Fsp3) is 0.281. The Morgan fingerprint density at radius 3 is 2.45 bits per heavy atom. The van der Waals surface area contributed by atoms with Gasteiger partial charge in [0.25, 0.3) is 0 Å². The van der Waals surface area contributed by atoms with Gasteiger partial charge in [-0.2, -0.15) is 0 Å². The smallest absolute Gasteiger partial charge is 0.341 e. The molecular formula is C32H34ClNO4. The average molecular weight is 532 g/mol. The highest BCUT2D eigenvalue weighted by Crippen LogP contribution is 2.29. The molecule has 0 radical (unpaired) electrons. The Balaban J connectivity index is 0.00000336. The molecule has 5 rings (SSSR count). The third kappa shape index (κ3) is 6.73. The Bertz CT molecular complexity index is 1340. The maximum Gasteiger partial charge on any atom is 0.341 e. The van der Waals surface area contributed by atoms with Crippen molar-refractivity contribution in [3.8, 4) is 5.75 Å². The van der Waals surface area contributed by atoms with Gasteiger partial charge in [-0.3, -0.25) is 0 Å². The van der Waals surface area contributed by atoms with Gasteiger partial charge in [-0.25, -0.2) is 4.79 Å². The van der Waals surface area contributed by atoms with Gasteiger partial charge >= 0.3 is 5.97 Å². The second-order valence-corrected chi connectivity index (χ2v) is 9.46. The molecule has 1 fully saturated rings. The first-order valence-corrected chi connectivity index (χ1v) is 12.9. The van der Waals surface area contributed by atoms with Crippen molar-refractivity contribution in [3.05, 3.63) is 113 Å². The third-order valence-corrected chi connectivity index (χ3v) is 7.06. The minimum Gasteiger partial charge on any atom is -0.496 e. The van der Waals surface area contributed by atoms with E-state index in [0.717, 1.165) is 25.1 Å². The van der Waals surface area contributed by atoms with E-state index in [1.165, 1.54) is 21.9 Å². The molecule has 1 aliphatic heterocycles. The quantitative estimate of drug-likeness (QED) is 0.256. The number of piperidine rings is 1. The first kappa shape index (κ1) is 27.6. The zero-order valence-electron chi connectivity index (χ0n) is 21.6. The first-order valence-electron chi connectivity index (χ1n) is 12.9. The van der Waals surface area contributed by atoms with Crippen LogP contribution in [0.1, 0.15) is 39.4 Å². The van der Waals surface area contributed by atoms with Crippen molar-refractivity contribution in [2.75, 3.05) is 26.8 Å². The monoisotopic (exact) mass is 531 g/mol. The number of halogens is 1. The van der Waals surface area contributed by atoms with Crippen molar-refractivity contribution in [1.82, 2.24) is 5.32 Å². The second kappa shape index (κ2) is 13.4. The number of benzene rings is 4. The van der Waals surface area contributed by atoms with Crippen molar-refractivity contribution >= 4 is 29.1 Å². The first-order chi connectivity index (χ1) is 18.2. The van der Waals surface area contributed by atoms with Crippen molar-refractivity contribution in [2.24, 2.45) is 0 Å². The number of carbonyl (C=O) groups excluding carboxylic acids is 1. The van der Waals surface area contributed by atoms with Crippen LogP contribution in [0.15, 0.2) is 91.0 Å². The lowest BCUT2D eigenvalue weighted by Crippen LogP contribution is -2.40. The van der Waals surface area contributed by atoms with Gasteiger partial charge in [0, 0.05) is 18.9 Å². The number of ether oxygens (including phenoxy) is 3. The van der Waals surface area contributed by atoms with E-state index < -0.39 is 0 Å². The SMILES string of the molecule is COc1ccccc1C(=O)OCCc1ccc(C2CCNCC2OCc2ccc3ccccc3c2)cc1.Cl. The molecule has 198 valence electrons. The molecule has 4 aromatic carbocycles. The topological polar surface area (TPSA) is 56.8 Å². The van der Waals surface area contributed by atoms with Crippen molar-refractivity contribution in [1.29, 1.82) is 0 Å². The highest BCUT2D eigenvalue weighted by Gasteiger charge is 2.27. The van der Waals surface area contributed by atoms with Crippen LogP contribution in [0.4, 0.5) is 0 Å². The molecule has 5 nitrogen and oxygen atoms in total. The Kier molecular flexibility index (Phi) is 9.77. The molecule has 2 unspecified atom stereocenters. The predicted molar refractivity (Wildman–Crippen MR) is 153 cm³/mol. The Morgan fingerprint density at radius 2 is 1.63 bits per heavy atom. The summed E-state index contributed by atoms with van der Waals surface area (Å²) in [5.74, 6) is 0.505. The number of esters is 1. The summed E-state index contributed by atoms with van der Waals surface area (Å²) < 4.78 is 17.2. The largest absolute Gasteiger partial charge is 0.496 e. The molecule has 0 amide bonds. The van der Waals surface area contributed by atoms with Gasteiger partial charge in [-0.15, -0.1) is 12.4 Å². The highest BCUT2D eigenvalue weighted by atomic mass is 35.5. The Hall–Kier alpha value is -3.38. The average Bonchev–Trinajstić information content (AvgIpc) is 2.96. The summed E-state index contributed by atoms with van der Waals surface area (Å²) in [5, 5.41) is 5.98. The number of hydrogen-bond donors (Lipinski definition) is 1. The zero-order chi connectivity index (χ0) is 25.5. The molecule has 38 heavy (non-hydrogen) atoms. The van der Waals surface area contributed by atoms with Gasteiger partial charge in [-0.05, 0) is 58.6 Å². The molecule has 0 aromatic heterocycles. The van der Waals surface area contributed by atoms with E-state index in [0.29, 0.717) is 36.9 Å². The lowest BCUT2D eigenvalue weighted by Gasteiger charge is -2.32. The van der Waals surface area contributed by atoms with Gasteiger partial charge in [0.15, 0.2) is 0 Å². The van der Waals surface area contributed by atoms with Gasteiger partial charge in [0.05, 0.1) is 26.4 Å². The number of fused-ring (bicyclic) bond motifs is 1. The van der Waals surface area contributed by atoms with Crippen LogP contribution in [-0.2, 0) is 22.5 Å². The van der Waals surface area contributed by atoms with E-state index in [9.17, 15) is 4.79 Å². The van der Waals surface area contributed by atoms with Crippen LogP contribution in [0.5, 0.6) is 5.75 Å². The molecule has 0 saturated carbocycles. The number of rotatable bonds is 9. The Labute approximate surface area is 230 Å². The van der Waals surface area contributed by atoms with E-state index in [1.54, 1.807) is 25.3 Å². The van der Waals surface area contributed by atoms with Crippen LogP contribution in [0.3, 0.4) is 0 Å². The predicted octanol–water partition coefficient (Wildman–Crippen LogP) is 6.33. The summed E-state index contributed by atoms with van der Waals surface area (Å²) >= 11 is 0. The molecular weight excluding hydrogens is 498 g/mol. The van der Waals surface area contributed by atoms with Crippen LogP contribution in [0.25, 0.3) is 10.8 Å². The molecule has 1 aliphatic rings. The molecule has 1 N–H and O–H groups in total. The number of hydrogen-bond acceptors (Lipinski definition) is 5. The minimum atomic E-state index is -0.366. The molecule has 6 heteroatoms. The van der Waals surface area contributed by atoms with Gasteiger partial charge < -0.3 is 19.5 Å². The molecule has 0 aliphatic carbocycles. The molecule has 0 bridgehead atoms. The van der Waals surface area contributed by atoms with Crippen molar-refractivity contribution in [2.45, 2.75) is 31.5 Å². The summed E-state index contributed by atoms with van der Waals surface area (Å²) in [6, 6.07) is 30.7. The van der Waals surface area contributed by atoms with E-state index in [-0.39, 0.29) is 24.5 Å². The lowest BCUT2D eigenvalue weighted by molar-refractivity contribution is 0.0106. The molecule has 0 spiro atoms. The number of carbonyl (C=O) groups is 1. The van der Waals surface area contributed by atoms with Crippen LogP contribution in [0, 0.1) is 0 Å². The molecule has 2 atom stereocenters. The van der Waals surface area contributed by atoms with Crippen LogP contribution in [-0.4, -0.2) is 38.9 Å². The normalized spacial score (nSPS) is 17.0. The van der Waals surface area contributed by atoms with Gasteiger partial charge in [-0.1, -0.05) is 72.8 Å². The summed E-state index contributed by atoms with van der Waals surface area (Å²) in [5.41, 5.74) is 4.07. The summed E-state index contributed by atoms with van der Waals surface area (Å²) in [6.45, 7) is 2.75. The molecule has 1 saturated heterocycles. The summed E-state index contributed by atoms with van der Waals surface area (Å²) in [6.07, 6.45) is 1.82. The second-order valence-electron chi connectivity index (χ2n) is 9.46. The minimum absolute atomic E-state index is 0. The molecule has 4 aromatic rings. The van der Waals surface area contributed by atoms with E-state index in [4.69, 9.17) is 14.2 Å². The summed E-state index contributed by atoms with van der Waals surface area (Å²) in [7, 11) is 1.55. The lowest BCUT2D eigenvalue weighted by atomic mass is 9.87. The van der Waals surface area contributed by atoms with E-state index in [2.05, 4.69) is 72.0 Å². The number of nitrogens with one attached hydrogen (secondary N) is 1. The van der Waals surface area contributed by atoms with Crippen LogP contribution < -0.4 is 10.1 Å². The Morgan fingerprint density at radius 1 is 0.895 bits per heavy atom. The summed E-state index contributed by atoms with van der Waals surface area (Å²) in [4.78, 5) is 12.4.